The van der Waals surface area contributed by atoms with E-state index in [1.807, 2.05) is 0 Å². The Hall–Kier alpha value is -1.76. The van der Waals surface area contributed by atoms with Gasteiger partial charge in [-0.05, 0) is 0 Å². The largest absolute Gasteiger partial charge is 0.481 e. The molecule has 0 aromatic carbocycles. The molecule has 16 heavy (non-hydrogen) atoms. The lowest BCUT2D eigenvalue weighted by molar-refractivity contribution is -0.136. The van der Waals surface area contributed by atoms with Crippen molar-refractivity contribution in [1.82, 2.24) is 4.98 Å². The Bertz CT molecular complexity index is 457. The maximum absolute atomic E-state index is 12.6. The van der Waals surface area contributed by atoms with E-state index in [1.165, 1.54) is 0 Å². The van der Waals surface area contributed by atoms with E-state index in [1.54, 1.807) is 0 Å². The summed E-state index contributed by atoms with van der Waals surface area (Å²) in [5.74, 6) is -1.26. The quantitative estimate of drug-likeness (QED) is 0.700. The number of nitrogens with one attached hydrogen (secondary N) is 1. The lowest BCUT2D eigenvalue weighted by Crippen LogP contribution is -2.22. The fourth-order valence-corrected chi connectivity index (χ4v) is 1.32. The first-order valence-corrected chi connectivity index (χ1v) is 4.40. The molecule has 0 radical (unpaired) electrons. The van der Waals surface area contributed by atoms with Crippen molar-refractivity contribution < 1.29 is 18.7 Å². The van der Waals surface area contributed by atoms with Crippen LogP contribution >= 0.6 is 0 Å². The molecular weight excluding hydrogens is 222 g/mol. The number of hydrogen-bond donors (Lipinski definition) is 3. The predicted octanol–water partition coefficient (Wildman–Crippen LogP) is 0.398. The number of aliphatic carboxylic acids is 1. The maximum atomic E-state index is 12.6. The van der Waals surface area contributed by atoms with Crippen LogP contribution in [0.4, 0.5) is 8.78 Å². The van der Waals surface area contributed by atoms with Gasteiger partial charge in [-0.1, -0.05) is 0 Å². The highest BCUT2D eigenvalue weighted by atomic mass is 19.3. The molecular formula is C9H10F2N2O3. The van der Waals surface area contributed by atoms with Gasteiger partial charge in [0, 0.05) is 24.0 Å². The molecule has 4 N–H and O–H groups in total. The molecule has 1 aromatic rings. The minimum absolute atomic E-state index is 0.0749. The molecule has 0 unspecified atom stereocenters. The minimum atomic E-state index is -2.98. The second-order valence-corrected chi connectivity index (χ2v) is 3.11. The van der Waals surface area contributed by atoms with Gasteiger partial charge in [0.1, 0.15) is 0 Å². The van der Waals surface area contributed by atoms with E-state index in [0.29, 0.717) is 0 Å². The van der Waals surface area contributed by atoms with Crippen LogP contribution in [0.25, 0.3) is 0 Å². The molecule has 1 rings (SSSR count). The van der Waals surface area contributed by atoms with E-state index in [2.05, 4.69) is 4.98 Å². The molecule has 0 bridgehead atoms. The topological polar surface area (TPSA) is 96.2 Å². The summed E-state index contributed by atoms with van der Waals surface area (Å²) in [4.78, 5) is 24.3. The molecule has 0 saturated carbocycles. The summed E-state index contributed by atoms with van der Waals surface area (Å²) in [6.07, 6.45) is -2.47. The van der Waals surface area contributed by atoms with Crippen molar-refractivity contribution in [3.8, 4) is 0 Å². The van der Waals surface area contributed by atoms with Crippen LogP contribution in [0.5, 0.6) is 0 Å². The second-order valence-electron chi connectivity index (χ2n) is 3.11. The average Bonchev–Trinajstić information content (AvgIpc) is 2.19. The number of carboxylic acids is 1. The Morgan fingerprint density at radius 3 is 2.62 bits per heavy atom. The first-order valence-electron chi connectivity index (χ1n) is 4.40. The van der Waals surface area contributed by atoms with Crippen LogP contribution in [0.15, 0.2) is 11.0 Å². The van der Waals surface area contributed by atoms with Crippen molar-refractivity contribution in [2.75, 3.05) is 0 Å². The Balaban J connectivity index is 3.32. The number of carboxylic acid groups (broad SMARTS) is 1. The first kappa shape index (κ1) is 12.3. The molecule has 0 aliphatic carbocycles. The van der Waals surface area contributed by atoms with Crippen molar-refractivity contribution in [3.05, 3.63) is 33.2 Å². The zero-order valence-electron chi connectivity index (χ0n) is 8.17. The van der Waals surface area contributed by atoms with Gasteiger partial charge in [0.2, 0.25) is 0 Å². The molecule has 1 aromatic heterocycles. The summed E-state index contributed by atoms with van der Waals surface area (Å²) in [7, 11) is 0. The summed E-state index contributed by atoms with van der Waals surface area (Å²) < 4.78 is 25.1. The number of halogens is 2. The summed E-state index contributed by atoms with van der Waals surface area (Å²) in [6.45, 7) is -0.234. The third kappa shape index (κ3) is 2.43. The number of carbonyl (C=O) groups is 1. The number of H-pyrrole nitrogens is 1. The number of hydrogen-bond acceptors (Lipinski definition) is 3. The molecule has 7 heteroatoms. The highest BCUT2D eigenvalue weighted by Crippen LogP contribution is 2.18. The van der Waals surface area contributed by atoms with E-state index in [-0.39, 0.29) is 17.8 Å². The highest BCUT2D eigenvalue weighted by Gasteiger charge is 2.20. The number of aromatic nitrogens is 1. The summed E-state index contributed by atoms with van der Waals surface area (Å²) in [5.41, 5.74) is 3.20. The molecule has 5 nitrogen and oxygen atoms in total. The van der Waals surface area contributed by atoms with Gasteiger partial charge in [-0.3, -0.25) is 9.59 Å². The van der Waals surface area contributed by atoms with E-state index in [0.717, 1.165) is 6.20 Å². The van der Waals surface area contributed by atoms with E-state index in [9.17, 15) is 18.4 Å². The maximum Gasteiger partial charge on any atom is 0.308 e. The standard InChI is InChI=1S/C9H10F2N2O3/c10-9(11)7-5(2-12)13-3-4(8(7)16)1-6(14)15/h3,9H,1-2,12H2,(H,13,16)(H,14,15). The van der Waals surface area contributed by atoms with Crippen molar-refractivity contribution in [2.24, 2.45) is 5.73 Å². The Morgan fingerprint density at radius 1 is 1.56 bits per heavy atom. The highest BCUT2D eigenvalue weighted by molar-refractivity contribution is 5.70. The van der Waals surface area contributed by atoms with E-state index < -0.39 is 29.8 Å². The first-order chi connectivity index (χ1) is 7.47. The average molecular weight is 232 g/mol. The number of nitrogens with two attached hydrogens (primary N) is 1. The molecule has 0 fully saturated rings. The Morgan fingerprint density at radius 2 is 2.19 bits per heavy atom. The fraction of sp³-hybridized carbons (Fsp3) is 0.333. The Labute approximate surface area is 88.9 Å². The smallest absolute Gasteiger partial charge is 0.308 e. The summed E-state index contributed by atoms with van der Waals surface area (Å²) >= 11 is 0. The predicted molar refractivity (Wildman–Crippen MR) is 51.3 cm³/mol. The van der Waals surface area contributed by atoms with Gasteiger partial charge in [-0.2, -0.15) is 0 Å². The number of aromatic amines is 1. The lowest BCUT2D eigenvalue weighted by Gasteiger charge is -2.07. The van der Waals surface area contributed by atoms with Gasteiger partial charge in [-0.15, -0.1) is 0 Å². The number of rotatable bonds is 4. The molecule has 0 saturated heterocycles. The zero-order chi connectivity index (χ0) is 12.3. The van der Waals surface area contributed by atoms with E-state index in [4.69, 9.17) is 10.8 Å². The van der Waals surface area contributed by atoms with Gasteiger partial charge in [-0.25, -0.2) is 8.78 Å². The van der Waals surface area contributed by atoms with Crippen LogP contribution in [0.1, 0.15) is 23.2 Å². The van der Waals surface area contributed by atoms with Crippen LogP contribution < -0.4 is 11.2 Å². The van der Waals surface area contributed by atoms with Crippen molar-refractivity contribution in [3.63, 3.8) is 0 Å². The number of pyridine rings is 1. The Kier molecular flexibility index (Phi) is 3.73. The number of alkyl halides is 2. The molecule has 0 spiro atoms. The van der Waals surface area contributed by atoms with Crippen molar-refractivity contribution >= 4 is 5.97 Å². The van der Waals surface area contributed by atoms with Gasteiger partial charge >= 0.3 is 5.97 Å². The fourth-order valence-electron chi connectivity index (χ4n) is 1.32. The molecule has 1 heterocycles. The van der Waals surface area contributed by atoms with Crippen molar-refractivity contribution in [1.29, 1.82) is 0 Å². The van der Waals surface area contributed by atoms with Gasteiger partial charge in [0.25, 0.3) is 6.43 Å². The van der Waals surface area contributed by atoms with E-state index >= 15 is 0 Å². The zero-order valence-corrected chi connectivity index (χ0v) is 8.17. The molecule has 0 aliphatic heterocycles. The van der Waals surface area contributed by atoms with Crippen LogP contribution in [-0.4, -0.2) is 16.1 Å². The molecule has 0 amide bonds. The van der Waals surface area contributed by atoms with Gasteiger partial charge < -0.3 is 15.8 Å². The monoisotopic (exact) mass is 232 g/mol. The normalized spacial score (nSPS) is 10.8. The minimum Gasteiger partial charge on any atom is -0.481 e. The van der Waals surface area contributed by atoms with Crippen LogP contribution in [0.2, 0.25) is 0 Å². The van der Waals surface area contributed by atoms with Gasteiger partial charge in [0.05, 0.1) is 12.0 Å². The lowest BCUT2D eigenvalue weighted by atomic mass is 10.1. The van der Waals surface area contributed by atoms with Crippen LogP contribution in [0, 0.1) is 0 Å². The summed E-state index contributed by atoms with van der Waals surface area (Å²) in [5, 5.41) is 8.48. The third-order valence-electron chi connectivity index (χ3n) is 2.05. The second kappa shape index (κ2) is 4.84. The molecule has 0 atom stereocenters. The third-order valence-corrected chi connectivity index (χ3v) is 2.05. The van der Waals surface area contributed by atoms with Crippen LogP contribution in [-0.2, 0) is 17.8 Å². The van der Waals surface area contributed by atoms with Gasteiger partial charge in [0.15, 0.2) is 5.43 Å². The summed E-state index contributed by atoms with van der Waals surface area (Å²) in [6, 6.07) is 0. The molecule has 0 aliphatic rings. The van der Waals surface area contributed by atoms with Crippen molar-refractivity contribution in [2.45, 2.75) is 19.4 Å². The SMILES string of the molecule is NCc1[nH]cc(CC(=O)O)c(=O)c1C(F)F. The molecule has 88 valence electrons. The van der Waals surface area contributed by atoms with Crippen LogP contribution in [0.3, 0.4) is 0 Å².